The van der Waals surface area contributed by atoms with Crippen LogP contribution in [0, 0.1) is 0 Å². The van der Waals surface area contributed by atoms with Crippen LogP contribution in [0.4, 0.5) is 0 Å². The van der Waals surface area contributed by atoms with Crippen LogP contribution in [0.25, 0.3) is 33.5 Å². The summed E-state index contributed by atoms with van der Waals surface area (Å²) in [5, 5.41) is 15.4. The molecule has 1 N–H and O–H groups in total. The van der Waals surface area contributed by atoms with Gasteiger partial charge in [-0.1, -0.05) is 35.3 Å². The van der Waals surface area contributed by atoms with Gasteiger partial charge in [-0.2, -0.15) is 9.78 Å². The summed E-state index contributed by atoms with van der Waals surface area (Å²) in [4.78, 5) is 29.2. The van der Waals surface area contributed by atoms with Gasteiger partial charge >= 0.3 is 5.97 Å². The summed E-state index contributed by atoms with van der Waals surface area (Å²) in [6.07, 6.45) is 0.332. The number of carboxylic acid groups (broad SMARTS) is 1. The number of aromatic nitrogens is 2. The molecule has 0 fully saturated rings. The minimum atomic E-state index is -1.13. The number of hydrogen-bond acceptors (Lipinski definition) is 6. The van der Waals surface area contributed by atoms with E-state index in [1.165, 1.54) is 13.1 Å². The first-order valence-electron chi connectivity index (χ1n) is 10.9. The Bertz CT molecular complexity index is 1760. The molecule has 0 saturated heterocycles. The molecular formula is C26H16BrCl2N3O5. The van der Waals surface area contributed by atoms with Crippen LogP contribution >= 0.6 is 39.1 Å². The molecule has 37 heavy (non-hydrogen) atoms. The second kappa shape index (κ2) is 10.0. The number of carboxylic acids is 1. The van der Waals surface area contributed by atoms with Crippen molar-refractivity contribution in [2.24, 2.45) is 5.10 Å². The Labute approximate surface area is 227 Å². The van der Waals surface area contributed by atoms with Gasteiger partial charge < -0.3 is 14.3 Å². The molecule has 0 unspecified atom stereocenters. The van der Waals surface area contributed by atoms with Crippen molar-refractivity contribution in [1.29, 1.82) is 0 Å². The van der Waals surface area contributed by atoms with Crippen molar-refractivity contribution in [3.8, 4) is 17.3 Å². The predicted octanol–water partition coefficient (Wildman–Crippen LogP) is 6.61. The highest BCUT2D eigenvalue weighted by Gasteiger charge is 2.19. The molecule has 8 nitrogen and oxygen atoms in total. The van der Waals surface area contributed by atoms with Gasteiger partial charge in [0.25, 0.3) is 5.56 Å². The van der Waals surface area contributed by atoms with Gasteiger partial charge in [0.05, 0.1) is 26.6 Å². The van der Waals surface area contributed by atoms with Gasteiger partial charge in [0.15, 0.2) is 17.6 Å². The number of benzene rings is 3. The van der Waals surface area contributed by atoms with E-state index in [-0.39, 0.29) is 16.6 Å². The molecule has 0 spiro atoms. The van der Waals surface area contributed by atoms with Crippen LogP contribution in [0.1, 0.15) is 12.5 Å². The van der Waals surface area contributed by atoms with Crippen molar-refractivity contribution in [2.45, 2.75) is 13.0 Å². The standard InChI is InChI=1S/C26H16BrCl2N3O5/c1-13(26(34)35)36-23-18(27)8-14(9-19(23)29)12-30-32-24(31-20-5-3-2-4-17(20)25(32)33)22-11-15-10-16(28)6-7-21(15)37-22/h2-13H,1H3,(H,34,35)/t13-/m1/s1. The van der Waals surface area contributed by atoms with Gasteiger partial charge in [0.2, 0.25) is 5.82 Å². The fourth-order valence-electron chi connectivity index (χ4n) is 3.63. The van der Waals surface area contributed by atoms with Gasteiger partial charge in [0, 0.05) is 10.4 Å². The molecule has 11 heteroatoms. The number of ether oxygens (including phenoxy) is 1. The van der Waals surface area contributed by atoms with Gasteiger partial charge in [0.1, 0.15) is 5.58 Å². The number of hydrogen-bond donors (Lipinski definition) is 1. The number of para-hydroxylation sites is 1. The van der Waals surface area contributed by atoms with Crippen LogP contribution in [0.15, 0.2) is 79.4 Å². The van der Waals surface area contributed by atoms with Crippen LogP contribution in [0.2, 0.25) is 10.0 Å². The van der Waals surface area contributed by atoms with E-state index in [1.54, 1.807) is 60.7 Å². The second-order valence-corrected chi connectivity index (χ2v) is 9.72. The molecule has 0 radical (unpaired) electrons. The van der Waals surface area contributed by atoms with Crippen molar-refractivity contribution in [3.63, 3.8) is 0 Å². The number of halogens is 3. The maximum Gasteiger partial charge on any atom is 0.344 e. The van der Waals surface area contributed by atoms with Crippen molar-refractivity contribution in [2.75, 3.05) is 0 Å². The Balaban J connectivity index is 1.62. The molecule has 186 valence electrons. The zero-order valence-electron chi connectivity index (χ0n) is 19.0. The van der Waals surface area contributed by atoms with Gasteiger partial charge in [-0.05, 0) is 76.9 Å². The maximum atomic E-state index is 13.4. The normalized spacial score (nSPS) is 12.4. The third-order valence-electron chi connectivity index (χ3n) is 5.44. The summed E-state index contributed by atoms with van der Waals surface area (Å²) in [6.45, 7) is 1.40. The molecule has 5 aromatic rings. The Hall–Kier alpha value is -3.66. The number of carbonyl (C=O) groups is 1. The first-order valence-corrected chi connectivity index (χ1v) is 12.4. The molecule has 2 aromatic heterocycles. The fraction of sp³-hybridized carbons (Fsp3) is 0.0769. The van der Waals surface area contributed by atoms with Gasteiger partial charge in [-0.15, -0.1) is 0 Å². The largest absolute Gasteiger partial charge is 0.479 e. The summed E-state index contributed by atoms with van der Waals surface area (Å²) < 4.78 is 13.0. The third kappa shape index (κ3) is 4.98. The maximum absolute atomic E-state index is 13.4. The Morgan fingerprint density at radius 1 is 1.19 bits per heavy atom. The van der Waals surface area contributed by atoms with E-state index in [2.05, 4.69) is 26.0 Å². The average molecular weight is 601 g/mol. The highest BCUT2D eigenvalue weighted by Crippen LogP contribution is 2.35. The molecule has 1 atom stereocenters. The average Bonchev–Trinajstić information content (AvgIpc) is 3.28. The zero-order valence-corrected chi connectivity index (χ0v) is 22.1. The first-order chi connectivity index (χ1) is 17.7. The topological polar surface area (TPSA) is 107 Å². The Morgan fingerprint density at radius 2 is 1.97 bits per heavy atom. The molecule has 2 heterocycles. The van der Waals surface area contributed by atoms with E-state index >= 15 is 0 Å². The van der Waals surface area contributed by atoms with Crippen LogP contribution in [-0.4, -0.2) is 33.1 Å². The summed E-state index contributed by atoms with van der Waals surface area (Å²) in [5.74, 6) is -0.410. The van der Waals surface area contributed by atoms with E-state index in [0.29, 0.717) is 37.3 Å². The Morgan fingerprint density at radius 3 is 2.73 bits per heavy atom. The number of nitrogens with zero attached hydrogens (tertiary/aromatic N) is 3. The van der Waals surface area contributed by atoms with E-state index in [4.69, 9.17) is 37.5 Å². The number of rotatable bonds is 6. The van der Waals surface area contributed by atoms with E-state index in [1.807, 2.05) is 0 Å². The predicted molar refractivity (Wildman–Crippen MR) is 146 cm³/mol. The summed E-state index contributed by atoms with van der Waals surface area (Å²) >= 11 is 15.8. The molecule has 0 saturated carbocycles. The molecule has 0 bridgehead atoms. The van der Waals surface area contributed by atoms with E-state index in [0.717, 1.165) is 10.1 Å². The minimum Gasteiger partial charge on any atom is -0.479 e. The lowest BCUT2D eigenvalue weighted by molar-refractivity contribution is -0.144. The quantitative estimate of drug-likeness (QED) is 0.220. The molecule has 0 aliphatic heterocycles. The Kier molecular flexibility index (Phi) is 6.76. The lowest BCUT2D eigenvalue weighted by Crippen LogP contribution is -2.23. The summed E-state index contributed by atoms with van der Waals surface area (Å²) in [7, 11) is 0. The van der Waals surface area contributed by atoms with E-state index in [9.17, 15) is 9.59 Å². The SMILES string of the molecule is C[C@@H](Oc1c(Cl)cc(C=Nn2c(-c3cc4cc(Cl)ccc4o3)nc3ccccc3c2=O)cc1Br)C(=O)O. The van der Waals surface area contributed by atoms with Crippen LogP contribution in [0.5, 0.6) is 5.75 Å². The van der Waals surface area contributed by atoms with Crippen LogP contribution in [-0.2, 0) is 4.79 Å². The second-order valence-electron chi connectivity index (χ2n) is 8.02. The molecule has 5 rings (SSSR count). The minimum absolute atomic E-state index is 0.169. The lowest BCUT2D eigenvalue weighted by Gasteiger charge is -2.14. The van der Waals surface area contributed by atoms with Gasteiger partial charge in [-0.25, -0.2) is 9.78 Å². The number of aliphatic carboxylic acids is 1. The van der Waals surface area contributed by atoms with Crippen molar-refractivity contribution in [1.82, 2.24) is 9.66 Å². The lowest BCUT2D eigenvalue weighted by atomic mass is 10.2. The number of furan rings is 1. The van der Waals surface area contributed by atoms with Crippen molar-refractivity contribution >= 4 is 73.2 Å². The molecule has 0 aliphatic carbocycles. The smallest absolute Gasteiger partial charge is 0.344 e. The number of fused-ring (bicyclic) bond motifs is 2. The van der Waals surface area contributed by atoms with Crippen LogP contribution in [0.3, 0.4) is 0 Å². The van der Waals surface area contributed by atoms with Gasteiger partial charge in [-0.3, -0.25) is 4.79 Å². The highest BCUT2D eigenvalue weighted by atomic mass is 79.9. The van der Waals surface area contributed by atoms with E-state index < -0.39 is 17.6 Å². The third-order valence-corrected chi connectivity index (χ3v) is 6.54. The highest BCUT2D eigenvalue weighted by molar-refractivity contribution is 9.10. The molecule has 3 aromatic carbocycles. The van der Waals surface area contributed by atoms with Crippen molar-refractivity contribution < 1.29 is 19.1 Å². The molecular weight excluding hydrogens is 585 g/mol. The molecule has 0 aliphatic rings. The summed E-state index contributed by atoms with van der Waals surface area (Å²) in [5.41, 5.74) is 1.21. The summed E-state index contributed by atoms with van der Waals surface area (Å²) in [6, 6.07) is 17.1. The molecule has 0 amide bonds. The monoisotopic (exact) mass is 599 g/mol. The van der Waals surface area contributed by atoms with Crippen molar-refractivity contribution in [3.05, 3.63) is 91.1 Å². The fourth-order valence-corrected chi connectivity index (χ4v) is 4.77. The van der Waals surface area contributed by atoms with Crippen LogP contribution < -0.4 is 10.3 Å². The zero-order chi connectivity index (χ0) is 26.3. The first kappa shape index (κ1) is 25.0.